The van der Waals surface area contributed by atoms with Gasteiger partial charge in [-0.05, 0) is 124 Å². The van der Waals surface area contributed by atoms with Crippen molar-refractivity contribution in [3.05, 3.63) is 280 Å². The molecule has 0 radical (unpaired) electrons. The van der Waals surface area contributed by atoms with Crippen LogP contribution in [0.1, 0.15) is 124 Å². The third-order valence-electron chi connectivity index (χ3n) is 15.3. The molecular weight excluding hydrogens is 831 g/mol. The van der Waals surface area contributed by atoms with Crippen molar-refractivity contribution in [2.45, 2.75) is 89.4 Å². The number of para-hydroxylation sites is 1. The molecule has 9 aromatic carbocycles. The summed E-state index contributed by atoms with van der Waals surface area (Å²) in [6, 6.07) is 83.4. The number of hydrogen-bond acceptors (Lipinski definition) is 1. The molecule has 11 rings (SSSR count). The van der Waals surface area contributed by atoms with Crippen LogP contribution in [0.5, 0.6) is 0 Å². The third-order valence-corrected chi connectivity index (χ3v) is 15.3. The van der Waals surface area contributed by atoms with E-state index in [0.29, 0.717) is 0 Å². The zero-order chi connectivity index (χ0) is 47.9. The van der Waals surface area contributed by atoms with E-state index in [0.717, 1.165) is 17.1 Å². The Hall–Kier alpha value is -7.22. The number of nitrogens with zero attached hydrogens (tertiary/aromatic N) is 1. The van der Waals surface area contributed by atoms with Gasteiger partial charge in [0.2, 0.25) is 0 Å². The van der Waals surface area contributed by atoms with Gasteiger partial charge in [-0.25, -0.2) is 0 Å². The number of hydrogen-bond donors (Lipinski definition) is 0. The zero-order valence-corrected chi connectivity index (χ0v) is 41.7. The van der Waals surface area contributed by atoms with Crippen molar-refractivity contribution in [2.75, 3.05) is 4.90 Å². The zero-order valence-electron chi connectivity index (χ0n) is 41.7. The molecule has 0 N–H and O–H groups in total. The first-order chi connectivity index (χ1) is 33.1. The molecular formula is C68H63N. The number of benzene rings is 9. The van der Waals surface area contributed by atoms with Crippen molar-refractivity contribution in [3.8, 4) is 22.3 Å². The normalized spacial score (nSPS) is 15.8. The smallest absolute Gasteiger partial charge is 0.0734 e. The molecule has 0 aliphatic heterocycles. The van der Waals surface area contributed by atoms with Crippen LogP contribution in [-0.2, 0) is 27.1 Å². The molecule has 0 fully saturated rings. The maximum absolute atomic E-state index is 2.55. The van der Waals surface area contributed by atoms with Crippen molar-refractivity contribution in [3.63, 3.8) is 0 Å². The molecule has 0 spiro atoms. The largest absolute Gasteiger partial charge is 0.310 e. The van der Waals surface area contributed by atoms with Gasteiger partial charge >= 0.3 is 0 Å². The predicted octanol–water partition coefficient (Wildman–Crippen LogP) is 17.8. The molecule has 2 aliphatic rings. The van der Waals surface area contributed by atoms with Crippen LogP contribution < -0.4 is 4.90 Å². The molecule has 9 aromatic rings. The van der Waals surface area contributed by atoms with Crippen LogP contribution >= 0.6 is 0 Å². The first kappa shape index (κ1) is 44.3. The van der Waals surface area contributed by atoms with Gasteiger partial charge in [0.25, 0.3) is 0 Å². The highest BCUT2D eigenvalue weighted by molar-refractivity contribution is 5.96. The van der Waals surface area contributed by atoms with Gasteiger partial charge < -0.3 is 4.90 Å². The van der Waals surface area contributed by atoms with Crippen molar-refractivity contribution < 1.29 is 0 Å². The minimum Gasteiger partial charge on any atom is -0.310 e. The minimum absolute atomic E-state index is 0.0115. The summed E-state index contributed by atoms with van der Waals surface area (Å²) in [5.41, 5.74) is 21.5. The van der Waals surface area contributed by atoms with Gasteiger partial charge in [0.05, 0.1) is 16.5 Å². The molecule has 1 nitrogen and oxygen atoms in total. The number of anilines is 3. The van der Waals surface area contributed by atoms with Gasteiger partial charge in [-0.15, -0.1) is 0 Å². The van der Waals surface area contributed by atoms with Gasteiger partial charge in [0.1, 0.15) is 0 Å². The van der Waals surface area contributed by atoms with E-state index < -0.39 is 10.8 Å². The fraction of sp³-hybridized carbons (Fsp3) is 0.206. The fourth-order valence-electron chi connectivity index (χ4n) is 11.8. The van der Waals surface area contributed by atoms with Crippen LogP contribution in [0.15, 0.2) is 218 Å². The highest BCUT2D eigenvalue weighted by atomic mass is 15.1. The highest BCUT2D eigenvalue weighted by Gasteiger charge is 2.50. The monoisotopic (exact) mass is 893 g/mol. The van der Waals surface area contributed by atoms with E-state index in [-0.39, 0.29) is 16.2 Å². The Labute approximate surface area is 411 Å². The quantitative estimate of drug-likeness (QED) is 0.154. The summed E-state index contributed by atoms with van der Waals surface area (Å²) < 4.78 is 0. The molecule has 0 saturated carbocycles. The first-order valence-corrected chi connectivity index (χ1v) is 24.8. The van der Waals surface area contributed by atoms with Gasteiger partial charge in [-0.2, -0.15) is 0 Å². The lowest BCUT2D eigenvalue weighted by atomic mass is 9.66. The second-order valence-electron chi connectivity index (χ2n) is 22.5. The van der Waals surface area contributed by atoms with E-state index >= 15 is 0 Å². The number of rotatable bonds is 7. The van der Waals surface area contributed by atoms with E-state index in [9.17, 15) is 0 Å². The van der Waals surface area contributed by atoms with Gasteiger partial charge in [0, 0.05) is 16.9 Å². The van der Waals surface area contributed by atoms with Crippen LogP contribution in [0.4, 0.5) is 17.1 Å². The van der Waals surface area contributed by atoms with E-state index in [1.165, 1.54) is 83.5 Å². The molecule has 0 aromatic heterocycles. The standard InChI is InChI=1S/C68H63N/c1-64(2,3)46-31-37-50(38-32-46)67(49-21-12-10-13-22-49)59-28-18-16-25-55(59)57-44-43-54(45-61(57)67)69(53-23-14-11-15-24-53)62-30-20-27-58-56-26-17-19-29-60(56)68(63(58)62,51-39-33-47(34-40-51)65(4,5)6)52-41-35-48(36-42-52)66(7,8)9/h10-45H,1-9H3. The maximum Gasteiger partial charge on any atom is 0.0734 e. The average molecular weight is 894 g/mol. The van der Waals surface area contributed by atoms with Gasteiger partial charge in [0.15, 0.2) is 0 Å². The lowest BCUT2D eigenvalue weighted by molar-refractivity contribution is 0.588. The molecule has 1 unspecified atom stereocenters. The van der Waals surface area contributed by atoms with Crippen LogP contribution in [0.2, 0.25) is 0 Å². The molecule has 1 atom stereocenters. The molecule has 1 heteroatoms. The summed E-state index contributed by atoms with van der Waals surface area (Å²) in [6.45, 7) is 20.7. The topological polar surface area (TPSA) is 3.24 Å². The van der Waals surface area contributed by atoms with Crippen molar-refractivity contribution in [1.82, 2.24) is 0 Å². The Kier molecular flexibility index (Phi) is 10.4. The van der Waals surface area contributed by atoms with E-state index in [4.69, 9.17) is 0 Å². The molecule has 2 aliphatic carbocycles. The summed E-state index contributed by atoms with van der Waals surface area (Å²) in [4.78, 5) is 2.55. The van der Waals surface area contributed by atoms with Crippen LogP contribution in [0, 0.1) is 0 Å². The molecule has 0 bridgehead atoms. The van der Waals surface area contributed by atoms with E-state index in [1.54, 1.807) is 0 Å². The van der Waals surface area contributed by atoms with Crippen LogP contribution in [-0.4, -0.2) is 0 Å². The van der Waals surface area contributed by atoms with Gasteiger partial charge in [-0.3, -0.25) is 0 Å². The van der Waals surface area contributed by atoms with E-state index in [1.807, 2.05) is 0 Å². The second-order valence-corrected chi connectivity index (χ2v) is 22.5. The summed E-state index contributed by atoms with van der Waals surface area (Å²) in [5.74, 6) is 0. The summed E-state index contributed by atoms with van der Waals surface area (Å²) in [7, 11) is 0. The van der Waals surface area contributed by atoms with Crippen molar-refractivity contribution in [2.24, 2.45) is 0 Å². The average Bonchev–Trinajstić information content (AvgIpc) is 3.83. The lowest BCUT2D eigenvalue weighted by Gasteiger charge is -2.39. The highest BCUT2D eigenvalue weighted by Crippen LogP contribution is 2.62. The Morgan fingerprint density at radius 3 is 1.19 bits per heavy atom. The Morgan fingerprint density at radius 2 is 0.681 bits per heavy atom. The SMILES string of the molecule is CC(C)(C)c1ccc(C2(c3ccccc3)c3ccccc3-c3ccc(N(c4ccccc4)c4cccc5c4C(c4ccc(C(C)(C)C)cc4)(c4ccc(C(C)(C)C)cc4)c4ccccc4-5)cc32)cc1. The third kappa shape index (κ3) is 6.95. The molecule has 69 heavy (non-hydrogen) atoms. The van der Waals surface area contributed by atoms with Crippen LogP contribution in [0.25, 0.3) is 22.3 Å². The Morgan fingerprint density at radius 1 is 0.290 bits per heavy atom. The van der Waals surface area contributed by atoms with Crippen LogP contribution in [0.3, 0.4) is 0 Å². The lowest BCUT2D eigenvalue weighted by Crippen LogP contribution is -2.31. The van der Waals surface area contributed by atoms with Gasteiger partial charge in [-0.1, -0.05) is 250 Å². The summed E-state index contributed by atoms with van der Waals surface area (Å²) >= 11 is 0. The summed E-state index contributed by atoms with van der Waals surface area (Å²) in [5, 5.41) is 0. The van der Waals surface area contributed by atoms with E-state index in [2.05, 4.69) is 286 Å². The maximum atomic E-state index is 2.55. The minimum atomic E-state index is -0.641. The molecule has 340 valence electrons. The van der Waals surface area contributed by atoms with Crippen molar-refractivity contribution >= 4 is 17.1 Å². The first-order valence-electron chi connectivity index (χ1n) is 24.8. The van der Waals surface area contributed by atoms with Crippen molar-refractivity contribution in [1.29, 1.82) is 0 Å². The predicted molar refractivity (Wildman–Crippen MR) is 292 cm³/mol. The summed E-state index contributed by atoms with van der Waals surface area (Å²) in [6.07, 6.45) is 0. The Bertz CT molecular complexity index is 3280. The Balaban J connectivity index is 1.22. The molecule has 0 heterocycles. The second kappa shape index (κ2) is 16.2. The molecule has 0 saturated heterocycles. The number of fused-ring (bicyclic) bond motifs is 6. The fourth-order valence-corrected chi connectivity index (χ4v) is 11.8. The molecule has 0 amide bonds.